The predicted molar refractivity (Wildman–Crippen MR) is 150 cm³/mol. The van der Waals surface area contributed by atoms with Crippen molar-refractivity contribution in [2.24, 2.45) is 0 Å². The monoisotopic (exact) mass is 610 g/mol. The van der Waals surface area contributed by atoms with E-state index in [9.17, 15) is 23.2 Å². The van der Waals surface area contributed by atoms with E-state index in [4.69, 9.17) is 23.2 Å². The largest absolute Gasteiger partial charge is 0.416 e. The zero-order valence-electron chi connectivity index (χ0n) is 22.2. The third kappa shape index (κ3) is 6.87. The molecule has 2 heterocycles. The predicted octanol–water partition coefficient (Wildman–Crippen LogP) is 6.63. The number of hydrogen-bond acceptors (Lipinski definition) is 6. The first-order valence-electron chi connectivity index (χ1n) is 13.6. The van der Waals surface area contributed by atoms with Crippen LogP contribution in [0.5, 0.6) is 0 Å². The molecule has 5 rings (SSSR count). The zero-order valence-corrected chi connectivity index (χ0v) is 23.7. The average molecular weight is 611 g/mol. The molecule has 0 spiro atoms. The molecule has 0 bridgehead atoms. The van der Waals surface area contributed by atoms with Crippen LogP contribution in [-0.4, -0.2) is 50.2 Å². The van der Waals surface area contributed by atoms with Gasteiger partial charge >= 0.3 is 6.18 Å². The molecule has 3 N–H and O–H groups in total. The van der Waals surface area contributed by atoms with E-state index in [1.54, 1.807) is 12.1 Å². The van der Waals surface area contributed by atoms with E-state index in [2.05, 4.69) is 16.0 Å². The summed E-state index contributed by atoms with van der Waals surface area (Å²) < 4.78 is 41.6. The second kappa shape index (κ2) is 12.7. The summed E-state index contributed by atoms with van der Waals surface area (Å²) in [5.41, 5.74) is 6.69. The summed E-state index contributed by atoms with van der Waals surface area (Å²) in [6, 6.07) is 9.32. The quantitative estimate of drug-likeness (QED) is 0.248. The van der Waals surface area contributed by atoms with Gasteiger partial charge in [-0.15, -0.1) is 5.17 Å². The van der Waals surface area contributed by atoms with E-state index >= 15 is 0 Å². The van der Waals surface area contributed by atoms with Gasteiger partial charge in [0, 0.05) is 35.8 Å². The Bertz CT molecular complexity index is 1370. The highest BCUT2D eigenvalue weighted by molar-refractivity contribution is 6.35. The zero-order chi connectivity index (χ0) is 29.1. The molecule has 2 aromatic carbocycles. The Labute approximate surface area is 245 Å². The third-order valence-corrected chi connectivity index (χ3v) is 8.06. The first-order valence-corrected chi connectivity index (χ1v) is 14.4. The number of aromatic nitrogens is 2. The molecular weight excluding hydrogens is 580 g/mol. The molecule has 0 unspecified atom stereocenters. The SMILES string of the molecule is O=C(NN1CCCCC1)c1nn(-c2ccc(Cl)cc2Cl)c(-c2ccc(C(F)(F)F)cc2)c1CNN(O)C1CCCC1. The summed E-state index contributed by atoms with van der Waals surface area (Å²) in [4.78, 5) is 13.7. The maximum absolute atomic E-state index is 13.7. The molecule has 1 aliphatic heterocycles. The number of amides is 1. The Hall–Kier alpha value is -2.67. The number of alkyl halides is 3. The van der Waals surface area contributed by atoms with Gasteiger partial charge in [0.25, 0.3) is 5.91 Å². The number of carbonyl (C=O) groups is 1. The number of hydrazine groups is 2. The van der Waals surface area contributed by atoms with Gasteiger partial charge in [-0.2, -0.15) is 18.3 Å². The number of hydroxylamine groups is 1. The normalized spacial score (nSPS) is 17.0. The van der Waals surface area contributed by atoms with Crippen LogP contribution in [0.25, 0.3) is 16.9 Å². The lowest BCUT2D eigenvalue weighted by molar-refractivity contribution is -0.170. The second-order valence-corrected chi connectivity index (χ2v) is 11.2. The minimum Gasteiger partial charge on any atom is -0.299 e. The van der Waals surface area contributed by atoms with Crippen LogP contribution in [-0.2, 0) is 12.7 Å². The number of hydrogen-bond donors (Lipinski definition) is 3. The Morgan fingerprint density at radius 3 is 2.34 bits per heavy atom. The van der Waals surface area contributed by atoms with Crippen LogP contribution >= 0.6 is 23.2 Å². The Kier molecular flexibility index (Phi) is 9.22. The number of rotatable bonds is 8. The molecule has 41 heavy (non-hydrogen) atoms. The summed E-state index contributed by atoms with van der Waals surface area (Å²) in [5.74, 6) is -0.467. The maximum Gasteiger partial charge on any atom is 0.416 e. The molecule has 1 saturated carbocycles. The summed E-state index contributed by atoms with van der Waals surface area (Å²) in [6.45, 7) is 1.37. The van der Waals surface area contributed by atoms with E-state index in [0.717, 1.165) is 62.3 Å². The lowest BCUT2D eigenvalue weighted by Crippen LogP contribution is -2.45. The molecule has 0 radical (unpaired) electrons. The molecular formula is C28H31Cl2F3N6O2. The highest BCUT2D eigenvalue weighted by Crippen LogP contribution is 2.36. The van der Waals surface area contributed by atoms with Gasteiger partial charge in [-0.3, -0.25) is 15.4 Å². The van der Waals surface area contributed by atoms with Crippen LogP contribution in [0.15, 0.2) is 42.5 Å². The summed E-state index contributed by atoms with van der Waals surface area (Å²) in [5, 5.41) is 18.9. The van der Waals surface area contributed by atoms with Crippen LogP contribution < -0.4 is 10.9 Å². The molecule has 220 valence electrons. The first-order chi connectivity index (χ1) is 19.6. The molecule has 13 heteroatoms. The maximum atomic E-state index is 13.7. The molecule has 0 atom stereocenters. The average Bonchev–Trinajstić information content (AvgIpc) is 3.61. The lowest BCUT2D eigenvalue weighted by Gasteiger charge is -2.26. The van der Waals surface area contributed by atoms with Crippen molar-refractivity contribution in [3.8, 4) is 16.9 Å². The van der Waals surface area contributed by atoms with Crippen molar-refractivity contribution in [2.45, 2.75) is 63.7 Å². The summed E-state index contributed by atoms with van der Waals surface area (Å²) >= 11 is 12.7. The van der Waals surface area contributed by atoms with Gasteiger partial charge in [-0.1, -0.05) is 54.6 Å². The molecule has 1 aromatic heterocycles. The van der Waals surface area contributed by atoms with Gasteiger partial charge in [-0.05, 0) is 56.0 Å². The Morgan fingerprint density at radius 2 is 1.71 bits per heavy atom. The first kappa shape index (κ1) is 29.8. The molecule has 1 aliphatic carbocycles. The minimum absolute atomic E-state index is 0.0165. The van der Waals surface area contributed by atoms with Crippen molar-refractivity contribution in [3.63, 3.8) is 0 Å². The van der Waals surface area contributed by atoms with E-state index in [1.807, 2.05) is 5.01 Å². The molecule has 1 saturated heterocycles. The molecule has 8 nitrogen and oxygen atoms in total. The number of piperidine rings is 1. The fourth-order valence-corrected chi connectivity index (χ4v) is 5.87. The van der Waals surface area contributed by atoms with E-state index < -0.39 is 17.6 Å². The number of nitrogens with one attached hydrogen (secondary N) is 2. The molecule has 1 amide bonds. The topological polar surface area (TPSA) is 85.7 Å². The third-order valence-electron chi connectivity index (χ3n) is 7.53. The Morgan fingerprint density at radius 1 is 1.02 bits per heavy atom. The molecule has 2 fully saturated rings. The van der Waals surface area contributed by atoms with E-state index in [0.29, 0.717) is 40.6 Å². The number of halogens is 5. The lowest BCUT2D eigenvalue weighted by atomic mass is 10.0. The van der Waals surface area contributed by atoms with Gasteiger partial charge in [0.05, 0.1) is 28.0 Å². The standard InChI is InChI=1S/C28H31Cl2F3N6O2/c29-20-12-13-24(23(30)16-20)38-26(18-8-10-19(11-9-18)28(31,32)33)22(17-34-39(41)21-6-2-3-7-21)25(35-38)27(40)36-37-14-4-1-5-15-37/h8-13,16,21,34,41H,1-7,14-15,17H2,(H,36,40). The van der Waals surface area contributed by atoms with Crippen LogP contribution in [0, 0.1) is 0 Å². The summed E-state index contributed by atoms with van der Waals surface area (Å²) in [6.07, 6.45) is 2.09. The van der Waals surface area contributed by atoms with Crippen LogP contribution in [0.1, 0.15) is 66.6 Å². The van der Waals surface area contributed by atoms with Gasteiger partial charge in [0.2, 0.25) is 0 Å². The number of carbonyl (C=O) groups excluding carboxylic acids is 1. The van der Waals surface area contributed by atoms with Crippen molar-refractivity contribution in [3.05, 3.63) is 69.3 Å². The van der Waals surface area contributed by atoms with Crippen LogP contribution in [0.3, 0.4) is 0 Å². The number of benzene rings is 2. The Balaban J connectivity index is 1.62. The highest BCUT2D eigenvalue weighted by atomic mass is 35.5. The fourth-order valence-electron chi connectivity index (χ4n) is 5.38. The van der Waals surface area contributed by atoms with E-state index in [-0.39, 0.29) is 23.3 Å². The summed E-state index contributed by atoms with van der Waals surface area (Å²) in [7, 11) is 0. The fraction of sp³-hybridized carbons (Fsp3) is 0.429. The van der Waals surface area contributed by atoms with Gasteiger partial charge < -0.3 is 0 Å². The van der Waals surface area contributed by atoms with Crippen LogP contribution in [0.4, 0.5) is 13.2 Å². The highest BCUT2D eigenvalue weighted by Gasteiger charge is 2.32. The second-order valence-electron chi connectivity index (χ2n) is 10.4. The number of nitrogens with zero attached hydrogens (tertiary/aromatic N) is 4. The molecule has 3 aromatic rings. The van der Waals surface area contributed by atoms with Crippen molar-refractivity contribution >= 4 is 29.1 Å². The van der Waals surface area contributed by atoms with Crippen molar-refractivity contribution in [2.75, 3.05) is 13.1 Å². The molecule has 2 aliphatic rings. The van der Waals surface area contributed by atoms with Crippen molar-refractivity contribution in [1.82, 2.24) is 30.8 Å². The van der Waals surface area contributed by atoms with Crippen LogP contribution in [0.2, 0.25) is 10.0 Å². The van der Waals surface area contributed by atoms with Gasteiger partial charge in [-0.25, -0.2) is 15.1 Å². The van der Waals surface area contributed by atoms with Gasteiger partial charge in [0.15, 0.2) is 5.69 Å². The van der Waals surface area contributed by atoms with Crippen molar-refractivity contribution < 1.29 is 23.2 Å². The smallest absolute Gasteiger partial charge is 0.299 e. The van der Waals surface area contributed by atoms with E-state index in [1.165, 1.54) is 22.9 Å². The minimum atomic E-state index is -4.51. The van der Waals surface area contributed by atoms with Gasteiger partial charge in [0.1, 0.15) is 0 Å². The van der Waals surface area contributed by atoms with Crippen molar-refractivity contribution in [1.29, 1.82) is 0 Å².